The molecule has 1 amide bonds. The summed E-state index contributed by atoms with van der Waals surface area (Å²) in [5, 5.41) is 2.32. The minimum Gasteiger partial charge on any atom is -0.495 e. The molecule has 3 N–H and O–H groups in total. The van der Waals surface area contributed by atoms with Crippen molar-refractivity contribution in [2.45, 2.75) is 12.2 Å². The van der Waals surface area contributed by atoms with Gasteiger partial charge in [0.1, 0.15) is 5.75 Å². The van der Waals surface area contributed by atoms with Crippen molar-refractivity contribution >= 4 is 35.0 Å². The van der Waals surface area contributed by atoms with Gasteiger partial charge in [-0.1, -0.05) is 0 Å². The third kappa shape index (κ3) is 4.65. The minimum atomic E-state index is -0.403. The topological polar surface area (TPSA) is 90.7 Å². The van der Waals surface area contributed by atoms with E-state index in [2.05, 4.69) is 10.1 Å². The third-order valence-corrected chi connectivity index (χ3v) is 3.65. The maximum atomic E-state index is 12.0. The molecule has 1 rings (SSSR count). The van der Waals surface area contributed by atoms with Gasteiger partial charge in [-0.2, -0.15) is 0 Å². The van der Waals surface area contributed by atoms with Crippen molar-refractivity contribution in [2.75, 3.05) is 31.0 Å². The van der Waals surface area contributed by atoms with Crippen molar-refractivity contribution in [2.24, 2.45) is 0 Å². The quantitative estimate of drug-likeness (QED) is 0.611. The molecule has 0 aromatic heterocycles. The zero-order valence-electron chi connectivity index (χ0n) is 11.6. The predicted octanol–water partition coefficient (Wildman–Crippen LogP) is 1.51. The summed E-state index contributed by atoms with van der Waals surface area (Å²) in [6.45, 7) is 1.71. The molecular formula is C13H18N2O4S. The highest BCUT2D eigenvalue weighted by Crippen LogP contribution is 2.27. The average molecular weight is 298 g/mol. The van der Waals surface area contributed by atoms with Gasteiger partial charge in [0.2, 0.25) is 5.91 Å². The number of esters is 1. The number of hydrogen-bond acceptors (Lipinski definition) is 6. The van der Waals surface area contributed by atoms with Crippen LogP contribution in [0.3, 0.4) is 0 Å². The second-order valence-electron chi connectivity index (χ2n) is 3.98. The van der Waals surface area contributed by atoms with Crippen LogP contribution in [0.15, 0.2) is 18.2 Å². The SMILES string of the molecule is COC(=O)CSC(C)C(=O)Nc1cc(N)ccc1OC. The van der Waals surface area contributed by atoms with E-state index >= 15 is 0 Å². The van der Waals surface area contributed by atoms with Crippen molar-refractivity contribution in [1.29, 1.82) is 0 Å². The number of thioether (sulfide) groups is 1. The normalized spacial score (nSPS) is 11.6. The van der Waals surface area contributed by atoms with Gasteiger partial charge < -0.3 is 20.5 Å². The molecule has 0 aliphatic heterocycles. The highest BCUT2D eigenvalue weighted by molar-refractivity contribution is 8.01. The monoisotopic (exact) mass is 298 g/mol. The van der Waals surface area contributed by atoms with Gasteiger partial charge in [0.25, 0.3) is 0 Å². The first-order chi connectivity index (χ1) is 9.47. The molecule has 0 radical (unpaired) electrons. The van der Waals surface area contributed by atoms with Crippen LogP contribution in [0.5, 0.6) is 5.75 Å². The fourth-order valence-electron chi connectivity index (χ4n) is 1.39. The first-order valence-corrected chi connectivity index (χ1v) is 6.95. The number of methoxy groups -OCH3 is 2. The Morgan fingerprint density at radius 1 is 1.40 bits per heavy atom. The molecule has 0 spiro atoms. The van der Waals surface area contributed by atoms with Crippen molar-refractivity contribution in [1.82, 2.24) is 0 Å². The molecule has 0 saturated heterocycles. The fourth-order valence-corrected chi connectivity index (χ4v) is 2.10. The van der Waals surface area contributed by atoms with Crippen molar-refractivity contribution < 1.29 is 19.1 Å². The van der Waals surface area contributed by atoms with Crippen LogP contribution in [0.1, 0.15) is 6.92 Å². The number of benzene rings is 1. The summed E-state index contributed by atoms with van der Waals surface area (Å²) in [5.74, 6) is 0.0517. The van der Waals surface area contributed by atoms with Gasteiger partial charge in [-0.05, 0) is 25.1 Å². The first-order valence-electron chi connectivity index (χ1n) is 5.90. The molecule has 7 heteroatoms. The molecule has 0 aliphatic carbocycles. The van der Waals surface area contributed by atoms with E-state index < -0.39 is 5.25 Å². The maximum Gasteiger partial charge on any atom is 0.315 e. The number of nitrogen functional groups attached to an aromatic ring is 1. The van der Waals surface area contributed by atoms with E-state index in [4.69, 9.17) is 10.5 Å². The number of rotatable bonds is 6. The van der Waals surface area contributed by atoms with Gasteiger partial charge in [0, 0.05) is 5.69 Å². The van der Waals surface area contributed by atoms with Gasteiger partial charge in [-0.15, -0.1) is 11.8 Å². The number of nitrogens with two attached hydrogens (primary N) is 1. The number of ether oxygens (including phenoxy) is 2. The van der Waals surface area contributed by atoms with Gasteiger partial charge >= 0.3 is 5.97 Å². The van der Waals surface area contributed by atoms with E-state index in [1.54, 1.807) is 25.1 Å². The van der Waals surface area contributed by atoms with Crippen LogP contribution in [-0.4, -0.2) is 37.1 Å². The molecule has 1 unspecified atom stereocenters. The molecule has 110 valence electrons. The molecule has 0 bridgehead atoms. The Bertz CT molecular complexity index is 493. The van der Waals surface area contributed by atoms with E-state index in [0.29, 0.717) is 17.1 Å². The van der Waals surface area contributed by atoms with Crippen LogP contribution < -0.4 is 15.8 Å². The number of carbonyl (C=O) groups excluding carboxylic acids is 2. The lowest BCUT2D eigenvalue weighted by Gasteiger charge is -2.14. The Labute approximate surface area is 122 Å². The molecule has 0 saturated carbocycles. The molecule has 1 aromatic carbocycles. The second kappa shape index (κ2) is 7.64. The van der Waals surface area contributed by atoms with Crippen LogP contribution in [0, 0.1) is 0 Å². The minimum absolute atomic E-state index is 0.124. The van der Waals surface area contributed by atoms with E-state index in [9.17, 15) is 9.59 Å². The second-order valence-corrected chi connectivity index (χ2v) is 5.31. The largest absolute Gasteiger partial charge is 0.495 e. The summed E-state index contributed by atoms with van der Waals surface area (Å²) in [5.41, 5.74) is 6.70. The van der Waals surface area contributed by atoms with Gasteiger partial charge in [0.05, 0.1) is 30.9 Å². The van der Waals surface area contributed by atoms with E-state index in [1.807, 2.05) is 0 Å². The maximum absolute atomic E-state index is 12.0. The lowest BCUT2D eigenvalue weighted by atomic mass is 10.2. The van der Waals surface area contributed by atoms with E-state index in [0.717, 1.165) is 0 Å². The smallest absolute Gasteiger partial charge is 0.315 e. The van der Waals surface area contributed by atoms with Crippen molar-refractivity contribution in [3.63, 3.8) is 0 Å². The number of nitrogens with one attached hydrogen (secondary N) is 1. The van der Waals surface area contributed by atoms with Crippen molar-refractivity contribution in [3.8, 4) is 5.75 Å². The van der Waals surface area contributed by atoms with Crippen LogP contribution in [0.2, 0.25) is 0 Å². The third-order valence-electron chi connectivity index (χ3n) is 2.53. The van der Waals surface area contributed by atoms with Crippen LogP contribution >= 0.6 is 11.8 Å². The fraction of sp³-hybridized carbons (Fsp3) is 0.385. The highest BCUT2D eigenvalue weighted by atomic mass is 32.2. The molecule has 0 fully saturated rings. The Kier molecular flexibility index (Phi) is 6.17. The van der Waals surface area contributed by atoms with Crippen LogP contribution in [0.25, 0.3) is 0 Å². The number of anilines is 2. The highest BCUT2D eigenvalue weighted by Gasteiger charge is 2.17. The molecule has 0 aliphatic rings. The molecule has 1 atom stereocenters. The number of amides is 1. The standard InChI is InChI=1S/C13H18N2O4S/c1-8(20-7-12(16)19-3)13(17)15-10-6-9(14)4-5-11(10)18-2/h4-6,8H,7,14H2,1-3H3,(H,15,17). The zero-order chi connectivity index (χ0) is 15.1. The summed E-state index contributed by atoms with van der Waals surface area (Å²) in [7, 11) is 2.82. The van der Waals surface area contributed by atoms with E-state index in [1.165, 1.54) is 26.0 Å². The van der Waals surface area contributed by atoms with Crippen LogP contribution in [-0.2, 0) is 14.3 Å². The predicted molar refractivity (Wildman–Crippen MR) is 80.0 cm³/mol. The molecule has 20 heavy (non-hydrogen) atoms. The Morgan fingerprint density at radius 2 is 2.10 bits per heavy atom. The van der Waals surface area contributed by atoms with Gasteiger partial charge in [0.15, 0.2) is 0 Å². The Balaban J connectivity index is 2.65. The van der Waals surface area contributed by atoms with E-state index in [-0.39, 0.29) is 17.6 Å². The summed E-state index contributed by atoms with van der Waals surface area (Å²) in [4.78, 5) is 23.0. The summed E-state index contributed by atoms with van der Waals surface area (Å²) in [6.07, 6.45) is 0. The lowest BCUT2D eigenvalue weighted by molar-refractivity contribution is -0.137. The zero-order valence-corrected chi connectivity index (χ0v) is 12.5. The first kappa shape index (κ1) is 16.2. The molecule has 1 aromatic rings. The Morgan fingerprint density at radius 3 is 2.70 bits per heavy atom. The summed E-state index contributed by atoms with van der Waals surface area (Å²) in [6, 6.07) is 4.98. The number of hydrogen-bond donors (Lipinski definition) is 2. The average Bonchev–Trinajstić information content (AvgIpc) is 2.44. The lowest BCUT2D eigenvalue weighted by Crippen LogP contribution is -2.24. The molecular weight excluding hydrogens is 280 g/mol. The Hall–Kier alpha value is -1.89. The summed E-state index contributed by atoms with van der Waals surface area (Å²) < 4.78 is 9.67. The number of carbonyl (C=O) groups is 2. The van der Waals surface area contributed by atoms with Crippen molar-refractivity contribution in [3.05, 3.63) is 18.2 Å². The van der Waals surface area contributed by atoms with Gasteiger partial charge in [-0.3, -0.25) is 9.59 Å². The molecule has 0 heterocycles. The molecule has 6 nitrogen and oxygen atoms in total. The summed E-state index contributed by atoms with van der Waals surface area (Å²) >= 11 is 1.20. The van der Waals surface area contributed by atoms with Crippen LogP contribution in [0.4, 0.5) is 11.4 Å². The van der Waals surface area contributed by atoms with Gasteiger partial charge in [-0.25, -0.2) is 0 Å².